The van der Waals surface area contributed by atoms with E-state index in [1.165, 1.54) is 105 Å². The summed E-state index contributed by atoms with van der Waals surface area (Å²) in [6.07, 6.45) is 13.1. The van der Waals surface area contributed by atoms with Gasteiger partial charge in [0.1, 0.15) is 5.82 Å². The van der Waals surface area contributed by atoms with Crippen molar-refractivity contribution >= 4 is 49.3 Å². The number of aromatic nitrogens is 3. The molecule has 0 N–H and O–H groups in total. The van der Waals surface area contributed by atoms with Crippen LogP contribution in [0.2, 0.25) is 0 Å². The number of hydrogen-bond donors (Lipinski definition) is 0. The second-order valence-electron chi connectivity index (χ2n) is 19.9. The van der Waals surface area contributed by atoms with Crippen molar-refractivity contribution < 1.29 is 0 Å². The third-order valence-corrected chi connectivity index (χ3v) is 14.0. The minimum Gasteiger partial charge on any atom is -0.312 e. The fourth-order valence-electron chi connectivity index (χ4n) is 10.5. The molecule has 0 saturated carbocycles. The first-order valence-corrected chi connectivity index (χ1v) is 22.7. The van der Waals surface area contributed by atoms with Crippen molar-refractivity contribution in [3.8, 4) is 39.2 Å². The highest BCUT2D eigenvalue weighted by Crippen LogP contribution is 2.47. The van der Waals surface area contributed by atoms with Gasteiger partial charge in [-0.3, -0.25) is 4.57 Å². The van der Waals surface area contributed by atoms with Crippen molar-refractivity contribution in [2.24, 2.45) is 5.92 Å². The van der Waals surface area contributed by atoms with Crippen LogP contribution in [-0.2, 0) is 23.7 Å². The molecule has 0 amide bonds. The third kappa shape index (κ3) is 6.19. The Morgan fingerprint density at radius 1 is 0.565 bits per heavy atom. The maximum atomic E-state index is 4.93. The maximum Gasteiger partial charge on any atom is 0.137 e. The Labute approximate surface area is 366 Å². The van der Waals surface area contributed by atoms with E-state index in [1.54, 1.807) is 0 Å². The Morgan fingerprint density at radius 3 is 1.79 bits per heavy atom. The van der Waals surface area contributed by atoms with Gasteiger partial charge in [-0.1, -0.05) is 139 Å². The predicted octanol–water partition coefficient (Wildman–Crippen LogP) is 15.8. The zero-order valence-electron chi connectivity index (χ0n) is 37.2. The minimum atomic E-state index is 0.115. The van der Waals surface area contributed by atoms with E-state index in [2.05, 4.69) is 197 Å². The van der Waals surface area contributed by atoms with Gasteiger partial charge in [0, 0.05) is 39.4 Å². The van der Waals surface area contributed by atoms with Gasteiger partial charge in [0.2, 0.25) is 0 Å². The number of fused-ring (bicyclic) bond motifs is 10. The molecule has 1 atom stereocenters. The van der Waals surface area contributed by atoms with Crippen molar-refractivity contribution in [1.82, 2.24) is 14.1 Å². The molecule has 6 aromatic carbocycles. The molecular formula is C59H55N3. The first kappa shape index (κ1) is 38.5. The first-order valence-electron chi connectivity index (χ1n) is 22.7. The van der Waals surface area contributed by atoms with Crippen LogP contribution in [0.25, 0.3) is 88.5 Å². The molecule has 3 heteroatoms. The molecule has 3 aromatic heterocycles. The Morgan fingerprint density at radius 2 is 1.18 bits per heavy atom. The highest BCUT2D eigenvalue weighted by molar-refractivity contribution is 6.15. The van der Waals surface area contributed by atoms with E-state index in [0.29, 0.717) is 5.92 Å². The van der Waals surface area contributed by atoms with Gasteiger partial charge in [0.25, 0.3) is 0 Å². The number of aryl methyl sites for hydroxylation is 2. The second-order valence-corrected chi connectivity index (χ2v) is 19.9. The Balaban J connectivity index is 1.12. The standard InChI is InChI=1S/C59H55N3/c1-8-37-13-9-10-14-52(37)62-54-31-22-40(38-16-23-43(24-17-38)58(2,3)4)33-49(54)47-29-28-45-46(57(47)62)27-20-42-35-51-50-34-41(39-18-25-44(26-19-39)59(5,6)7)21-30-53(50)61(55(51)36-48(42)45)56-15-11-12-32-60-56/h9-12,14-19,21-26,28-37H,8,13,20,27H2,1-7H3. The van der Waals surface area contributed by atoms with Crippen LogP contribution >= 0.6 is 0 Å². The first-order chi connectivity index (χ1) is 30.0. The monoisotopic (exact) mass is 805 g/mol. The van der Waals surface area contributed by atoms with Crippen LogP contribution in [0.15, 0.2) is 152 Å². The predicted molar refractivity (Wildman–Crippen MR) is 265 cm³/mol. The maximum absolute atomic E-state index is 4.93. The molecule has 306 valence electrons. The quantitative estimate of drug-likeness (QED) is 0.170. The van der Waals surface area contributed by atoms with E-state index in [-0.39, 0.29) is 10.8 Å². The normalized spacial score (nSPS) is 15.4. The Bertz CT molecular complexity index is 3280. The number of hydrogen-bond acceptors (Lipinski definition) is 1. The summed E-state index contributed by atoms with van der Waals surface area (Å²) < 4.78 is 5.03. The summed E-state index contributed by atoms with van der Waals surface area (Å²) in [6, 6.07) is 48.6. The summed E-state index contributed by atoms with van der Waals surface area (Å²) in [5.74, 6) is 1.40. The fraction of sp³-hybridized carbons (Fsp3) is 0.237. The van der Waals surface area contributed by atoms with Crippen molar-refractivity contribution in [3.05, 3.63) is 174 Å². The molecule has 0 fully saturated rings. The van der Waals surface area contributed by atoms with Crippen LogP contribution in [0.3, 0.4) is 0 Å². The van der Waals surface area contributed by atoms with E-state index in [9.17, 15) is 0 Å². The number of benzene rings is 6. The van der Waals surface area contributed by atoms with Crippen molar-refractivity contribution in [2.75, 3.05) is 0 Å². The summed E-state index contributed by atoms with van der Waals surface area (Å²) in [5.41, 5.74) is 19.9. The topological polar surface area (TPSA) is 22.8 Å². The third-order valence-electron chi connectivity index (χ3n) is 14.0. The second kappa shape index (κ2) is 14.3. The summed E-state index contributed by atoms with van der Waals surface area (Å²) in [7, 11) is 0. The fourth-order valence-corrected chi connectivity index (χ4v) is 10.5. The van der Waals surface area contributed by atoms with Crippen LogP contribution in [-0.4, -0.2) is 14.1 Å². The van der Waals surface area contributed by atoms with Gasteiger partial charge in [-0.15, -0.1) is 0 Å². The molecule has 0 spiro atoms. The van der Waals surface area contributed by atoms with Crippen molar-refractivity contribution in [1.29, 1.82) is 0 Å². The molecule has 1 unspecified atom stereocenters. The summed E-state index contributed by atoms with van der Waals surface area (Å²) in [4.78, 5) is 4.93. The summed E-state index contributed by atoms with van der Waals surface area (Å²) >= 11 is 0. The van der Waals surface area contributed by atoms with Gasteiger partial charge >= 0.3 is 0 Å². The molecule has 9 aromatic rings. The zero-order chi connectivity index (χ0) is 42.5. The molecule has 0 aliphatic heterocycles. The van der Waals surface area contributed by atoms with Crippen LogP contribution < -0.4 is 0 Å². The number of rotatable bonds is 5. The van der Waals surface area contributed by atoms with E-state index in [0.717, 1.165) is 31.5 Å². The number of allylic oxidation sites excluding steroid dienone is 4. The SMILES string of the molecule is CCC1CC=CC=C1n1c2ccc(-c3ccc(C(C)(C)C)cc3)cc2c2ccc3c(c21)CCc1cc2c4cc(-c5ccc(C(C)(C)C)cc5)ccc4n(-c4ccccn4)c2cc1-3. The van der Waals surface area contributed by atoms with Crippen molar-refractivity contribution in [2.45, 2.75) is 85.0 Å². The van der Waals surface area contributed by atoms with Gasteiger partial charge in [0.15, 0.2) is 0 Å². The molecule has 2 aliphatic rings. The van der Waals surface area contributed by atoms with Crippen LogP contribution in [0.4, 0.5) is 0 Å². The Kier molecular flexibility index (Phi) is 8.88. The zero-order valence-corrected chi connectivity index (χ0v) is 37.2. The number of pyridine rings is 1. The lowest BCUT2D eigenvalue weighted by atomic mass is 9.83. The molecule has 3 heterocycles. The molecule has 11 rings (SSSR count). The lowest BCUT2D eigenvalue weighted by molar-refractivity contribution is 0.590. The van der Waals surface area contributed by atoms with E-state index >= 15 is 0 Å². The molecule has 62 heavy (non-hydrogen) atoms. The summed E-state index contributed by atoms with van der Waals surface area (Å²) in [6.45, 7) is 16.0. The molecule has 3 nitrogen and oxygen atoms in total. The lowest BCUT2D eigenvalue weighted by Gasteiger charge is -2.26. The van der Waals surface area contributed by atoms with Crippen LogP contribution in [0.5, 0.6) is 0 Å². The minimum absolute atomic E-state index is 0.115. The van der Waals surface area contributed by atoms with Gasteiger partial charge in [-0.05, 0) is 147 Å². The molecular weight excluding hydrogens is 751 g/mol. The van der Waals surface area contributed by atoms with Crippen LogP contribution in [0.1, 0.15) is 83.6 Å². The largest absolute Gasteiger partial charge is 0.312 e. The summed E-state index contributed by atoms with van der Waals surface area (Å²) in [5, 5.41) is 5.21. The van der Waals surface area contributed by atoms with E-state index in [4.69, 9.17) is 4.98 Å². The average molecular weight is 806 g/mol. The van der Waals surface area contributed by atoms with E-state index < -0.39 is 0 Å². The lowest BCUT2D eigenvalue weighted by Crippen LogP contribution is -2.12. The molecule has 0 bridgehead atoms. The van der Waals surface area contributed by atoms with Crippen LogP contribution in [0, 0.1) is 5.92 Å². The van der Waals surface area contributed by atoms with Gasteiger partial charge in [-0.2, -0.15) is 0 Å². The average Bonchev–Trinajstić information content (AvgIpc) is 3.79. The van der Waals surface area contributed by atoms with Gasteiger partial charge in [0.05, 0.1) is 22.1 Å². The number of nitrogens with zero attached hydrogens (tertiary/aromatic N) is 3. The molecule has 0 saturated heterocycles. The molecule has 2 aliphatic carbocycles. The highest BCUT2D eigenvalue weighted by atomic mass is 15.1. The molecule has 0 radical (unpaired) electrons. The van der Waals surface area contributed by atoms with Gasteiger partial charge < -0.3 is 4.57 Å². The highest BCUT2D eigenvalue weighted by Gasteiger charge is 2.28. The smallest absolute Gasteiger partial charge is 0.137 e. The van der Waals surface area contributed by atoms with E-state index in [1.807, 2.05) is 12.3 Å². The van der Waals surface area contributed by atoms with Gasteiger partial charge in [-0.25, -0.2) is 4.98 Å². The van der Waals surface area contributed by atoms with Crippen molar-refractivity contribution in [3.63, 3.8) is 0 Å². The Hall–Kier alpha value is -6.45.